The second-order valence-corrected chi connectivity index (χ2v) is 11.5. The summed E-state index contributed by atoms with van der Waals surface area (Å²) in [6.45, 7) is 6.13. The van der Waals surface area contributed by atoms with E-state index in [0.29, 0.717) is 18.1 Å². The fourth-order valence-electron chi connectivity index (χ4n) is 7.54. The zero-order valence-electron chi connectivity index (χ0n) is 21.0. The number of carbonyl (C=O) groups excluding carboxylic acids is 1. The molecule has 0 radical (unpaired) electrons. The molecule has 7 nitrogen and oxygen atoms in total. The molecule has 4 N–H and O–H groups in total. The summed E-state index contributed by atoms with van der Waals surface area (Å²) in [4.78, 5) is 18.8. The minimum absolute atomic E-state index is 0.0627. The lowest BCUT2D eigenvalue weighted by Gasteiger charge is -2.43. The highest BCUT2D eigenvalue weighted by molar-refractivity contribution is 5.89. The Morgan fingerprint density at radius 1 is 1.06 bits per heavy atom. The van der Waals surface area contributed by atoms with E-state index in [1.165, 1.54) is 25.7 Å². The molecule has 2 saturated heterocycles. The van der Waals surface area contributed by atoms with Crippen LogP contribution in [0.3, 0.4) is 0 Å². The van der Waals surface area contributed by atoms with Crippen molar-refractivity contribution in [3.63, 3.8) is 0 Å². The van der Waals surface area contributed by atoms with Gasteiger partial charge in [-0.25, -0.2) is 15.2 Å². The first-order chi connectivity index (χ1) is 17.1. The van der Waals surface area contributed by atoms with Gasteiger partial charge in [0.05, 0.1) is 12.8 Å². The number of amides is 1. The molecule has 2 aliphatic carbocycles. The van der Waals surface area contributed by atoms with Crippen LogP contribution in [0.4, 0.5) is 10.1 Å². The maximum Gasteiger partial charge on any atom is 0.243 e. The number of benzene rings is 1. The molecule has 6 rings (SSSR count). The first-order valence-corrected chi connectivity index (χ1v) is 13.9. The Balaban J connectivity index is 1.15. The minimum atomic E-state index is -0.374. The lowest BCUT2D eigenvalue weighted by atomic mass is 9.74. The number of hydrazine groups is 1. The van der Waals surface area contributed by atoms with Crippen LogP contribution in [0.15, 0.2) is 12.1 Å². The third-order valence-electron chi connectivity index (χ3n) is 9.42. The fraction of sp³-hybridized carbons (Fsp3) is 0.741. The molecule has 35 heavy (non-hydrogen) atoms. The van der Waals surface area contributed by atoms with Crippen molar-refractivity contribution in [2.45, 2.75) is 94.9 Å². The summed E-state index contributed by atoms with van der Waals surface area (Å²) in [6.07, 6.45) is 10.6. The van der Waals surface area contributed by atoms with Crippen molar-refractivity contribution in [2.75, 3.05) is 31.6 Å². The largest absolute Gasteiger partial charge is 0.373 e. The Bertz CT molecular complexity index is 936. The summed E-state index contributed by atoms with van der Waals surface area (Å²) < 4.78 is 15.1. The highest BCUT2D eigenvalue weighted by atomic mass is 19.1. The Kier molecular flexibility index (Phi) is 6.73. The molecule has 0 aromatic heterocycles. The first kappa shape index (κ1) is 23.6. The maximum absolute atomic E-state index is 15.1. The number of hydrogen-bond donors (Lipinski definition) is 4. The molecule has 1 amide bonds. The molecule has 3 unspecified atom stereocenters. The standard InChI is InChI=1S/C27H41FN6O/c1-17-10-11-21(28)24-23(18-6-3-2-4-7-18)26(31-25(17)24)27(35)30-19-8-5-9-20(14-19)33-12-13-34-16-29-32-22(34)15-33/h10-11,18-20,22-23,26,29,31-32H,2-9,12-16H2,1H3,(H,30,35)/t19-,20-,22?,23?,26?/m1/s1. The van der Waals surface area contributed by atoms with E-state index in [2.05, 4.69) is 31.3 Å². The van der Waals surface area contributed by atoms with Gasteiger partial charge in [-0.3, -0.25) is 14.6 Å². The van der Waals surface area contributed by atoms with Crippen molar-refractivity contribution in [1.82, 2.24) is 26.0 Å². The van der Waals surface area contributed by atoms with Crippen LogP contribution in [0.25, 0.3) is 0 Å². The van der Waals surface area contributed by atoms with Crippen molar-refractivity contribution in [3.8, 4) is 0 Å². The van der Waals surface area contributed by atoms with E-state index in [9.17, 15) is 4.79 Å². The van der Waals surface area contributed by atoms with Gasteiger partial charge in [0.1, 0.15) is 11.9 Å². The molecule has 5 aliphatic rings. The van der Waals surface area contributed by atoms with Gasteiger partial charge in [0.2, 0.25) is 5.91 Å². The lowest BCUT2D eigenvalue weighted by Crippen LogP contribution is -2.58. The van der Waals surface area contributed by atoms with Crippen LogP contribution in [-0.2, 0) is 4.79 Å². The van der Waals surface area contributed by atoms with Crippen molar-refractivity contribution in [2.24, 2.45) is 5.92 Å². The zero-order valence-corrected chi connectivity index (χ0v) is 21.0. The summed E-state index contributed by atoms with van der Waals surface area (Å²) >= 11 is 0. The summed E-state index contributed by atoms with van der Waals surface area (Å²) in [5.41, 5.74) is 9.30. The summed E-state index contributed by atoms with van der Waals surface area (Å²) in [5.74, 6) is 0.203. The molecule has 8 heteroatoms. The number of aryl methyl sites for hydroxylation is 1. The van der Waals surface area contributed by atoms with Crippen molar-refractivity contribution in [1.29, 1.82) is 0 Å². The predicted octanol–water partition coefficient (Wildman–Crippen LogP) is 3.03. The SMILES string of the molecule is Cc1ccc(F)c2c1NC(C(=O)N[C@@H]1CCC[C@@H](N3CCN4CNNC4C3)C1)C2C1CCCCC1. The molecule has 3 heterocycles. The monoisotopic (exact) mass is 484 g/mol. The van der Waals surface area contributed by atoms with E-state index < -0.39 is 0 Å². The number of fused-ring (bicyclic) bond motifs is 2. The molecule has 5 atom stereocenters. The maximum atomic E-state index is 15.1. The molecule has 2 saturated carbocycles. The highest BCUT2D eigenvalue weighted by Gasteiger charge is 2.45. The van der Waals surface area contributed by atoms with Crippen molar-refractivity contribution in [3.05, 3.63) is 29.1 Å². The van der Waals surface area contributed by atoms with Gasteiger partial charge in [-0.1, -0.05) is 25.3 Å². The molecule has 3 aliphatic heterocycles. The number of carbonyl (C=O) groups is 1. The summed E-state index contributed by atoms with van der Waals surface area (Å²) in [5, 5.41) is 6.93. The third-order valence-corrected chi connectivity index (χ3v) is 9.42. The number of nitrogens with one attached hydrogen (secondary N) is 4. The van der Waals surface area contributed by atoms with Crippen molar-refractivity contribution < 1.29 is 9.18 Å². The van der Waals surface area contributed by atoms with Crippen molar-refractivity contribution >= 4 is 11.6 Å². The van der Waals surface area contributed by atoms with Gasteiger partial charge in [0, 0.05) is 48.9 Å². The van der Waals surface area contributed by atoms with Gasteiger partial charge < -0.3 is 10.6 Å². The molecule has 0 bridgehead atoms. The zero-order chi connectivity index (χ0) is 23.9. The number of rotatable bonds is 4. The Morgan fingerprint density at radius 2 is 1.89 bits per heavy atom. The Morgan fingerprint density at radius 3 is 2.74 bits per heavy atom. The predicted molar refractivity (Wildman–Crippen MR) is 135 cm³/mol. The van der Waals surface area contributed by atoms with Gasteiger partial charge in [0.15, 0.2) is 0 Å². The van der Waals surface area contributed by atoms with Gasteiger partial charge >= 0.3 is 0 Å². The molecule has 192 valence electrons. The fourth-order valence-corrected chi connectivity index (χ4v) is 7.54. The van der Waals surface area contributed by atoms with E-state index in [1.807, 2.05) is 13.0 Å². The van der Waals surface area contributed by atoms with Crippen LogP contribution < -0.4 is 21.5 Å². The van der Waals surface area contributed by atoms with E-state index in [4.69, 9.17) is 0 Å². The smallest absolute Gasteiger partial charge is 0.243 e. The number of nitrogens with zero attached hydrogens (tertiary/aromatic N) is 2. The van der Waals surface area contributed by atoms with Gasteiger partial charge in [-0.15, -0.1) is 0 Å². The highest BCUT2D eigenvalue weighted by Crippen LogP contribution is 2.48. The molecule has 1 aromatic carbocycles. The Hall–Kier alpha value is -1.74. The van der Waals surface area contributed by atoms with E-state index in [1.54, 1.807) is 6.07 Å². The second kappa shape index (κ2) is 9.96. The third kappa shape index (κ3) is 4.59. The average molecular weight is 485 g/mol. The topological polar surface area (TPSA) is 71.7 Å². The average Bonchev–Trinajstić information content (AvgIpc) is 3.52. The first-order valence-electron chi connectivity index (χ1n) is 13.9. The van der Waals surface area contributed by atoms with Gasteiger partial charge in [-0.2, -0.15) is 0 Å². The van der Waals surface area contributed by atoms with E-state index in [0.717, 1.165) is 75.2 Å². The van der Waals surface area contributed by atoms with E-state index in [-0.39, 0.29) is 29.7 Å². The second-order valence-electron chi connectivity index (χ2n) is 11.5. The summed E-state index contributed by atoms with van der Waals surface area (Å²) in [7, 11) is 0. The molecule has 0 spiro atoms. The van der Waals surface area contributed by atoms with Crippen LogP contribution in [0.1, 0.15) is 74.8 Å². The number of piperazine rings is 1. The number of hydrogen-bond acceptors (Lipinski definition) is 6. The normalized spacial score (nSPS) is 34.3. The van der Waals surface area contributed by atoms with Crippen LogP contribution in [0, 0.1) is 18.7 Å². The minimum Gasteiger partial charge on any atom is -0.373 e. The lowest BCUT2D eigenvalue weighted by molar-refractivity contribution is -0.123. The van der Waals surface area contributed by atoms with Crippen LogP contribution >= 0.6 is 0 Å². The molecular weight excluding hydrogens is 443 g/mol. The number of anilines is 1. The molecule has 1 aromatic rings. The summed E-state index contributed by atoms with van der Waals surface area (Å²) in [6, 6.07) is 3.76. The van der Waals surface area contributed by atoms with Gasteiger partial charge in [0.25, 0.3) is 0 Å². The van der Waals surface area contributed by atoms with Gasteiger partial charge in [-0.05, 0) is 63.0 Å². The van der Waals surface area contributed by atoms with Crippen LogP contribution in [0.2, 0.25) is 0 Å². The van der Waals surface area contributed by atoms with Crippen LogP contribution in [-0.4, -0.2) is 66.3 Å². The number of halogens is 1. The van der Waals surface area contributed by atoms with E-state index >= 15 is 4.39 Å². The molecular formula is C27H41FN6O. The Labute approximate surface area is 208 Å². The quantitative estimate of drug-likeness (QED) is 0.527. The molecule has 4 fully saturated rings. The van der Waals surface area contributed by atoms with Crippen LogP contribution in [0.5, 0.6) is 0 Å².